The van der Waals surface area contributed by atoms with Crippen LogP contribution in [0, 0.1) is 0 Å². The van der Waals surface area contributed by atoms with E-state index in [-0.39, 0.29) is 5.54 Å². The minimum atomic E-state index is 0.109. The fourth-order valence-corrected chi connectivity index (χ4v) is 3.26. The summed E-state index contributed by atoms with van der Waals surface area (Å²) < 4.78 is 0. The first-order valence-corrected chi connectivity index (χ1v) is 7.98. The Bertz CT molecular complexity index is 393. The molecule has 1 aliphatic heterocycles. The van der Waals surface area contributed by atoms with Gasteiger partial charge in [0.25, 0.3) is 0 Å². The molecule has 5 heteroatoms. The van der Waals surface area contributed by atoms with E-state index in [0.29, 0.717) is 6.04 Å². The molecule has 1 unspecified atom stereocenters. The Morgan fingerprint density at radius 3 is 2.68 bits per heavy atom. The van der Waals surface area contributed by atoms with Crippen molar-refractivity contribution < 1.29 is 0 Å². The molecule has 2 rings (SSSR count). The fraction of sp³-hybridized carbons (Fsp3) is 0.714. The lowest BCUT2D eigenvalue weighted by atomic mass is 10.1. The average molecular weight is 280 g/mol. The van der Waals surface area contributed by atoms with E-state index in [9.17, 15) is 0 Å². The van der Waals surface area contributed by atoms with Crippen molar-refractivity contribution >= 4 is 17.6 Å². The molecule has 19 heavy (non-hydrogen) atoms. The molecule has 0 aliphatic carbocycles. The van der Waals surface area contributed by atoms with E-state index in [1.54, 1.807) is 0 Å². The van der Waals surface area contributed by atoms with Crippen LogP contribution in [0.4, 0.5) is 5.82 Å². The quantitative estimate of drug-likeness (QED) is 0.916. The summed E-state index contributed by atoms with van der Waals surface area (Å²) in [5.74, 6) is 3.44. The largest absolute Gasteiger partial charge is 0.355 e. The summed E-state index contributed by atoms with van der Waals surface area (Å²) in [6.45, 7) is 7.22. The van der Waals surface area contributed by atoms with Crippen LogP contribution in [0.2, 0.25) is 0 Å². The molecular formula is C14H24N4S. The zero-order chi connectivity index (χ0) is 13.9. The maximum atomic E-state index is 4.54. The van der Waals surface area contributed by atoms with E-state index in [0.717, 1.165) is 18.1 Å². The van der Waals surface area contributed by atoms with Crippen molar-refractivity contribution in [2.75, 3.05) is 23.5 Å². The third-order valence-corrected chi connectivity index (χ3v) is 4.45. The van der Waals surface area contributed by atoms with Crippen molar-refractivity contribution in [3.63, 3.8) is 0 Å². The molecule has 0 amide bonds. The van der Waals surface area contributed by atoms with E-state index in [1.807, 2.05) is 24.2 Å². The molecule has 1 aromatic heterocycles. The lowest BCUT2D eigenvalue weighted by molar-refractivity contribution is 0.421. The van der Waals surface area contributed by atoms with Crippen LogP contribution in [0.1, 0.15) is 32.9 Å². The van der Waals surface area contributed by atoms with E-state index in [4.69, 9.17) is 0 Å². The van der Waals surface area contributed by atoms with Crippen LogP contribution in [0.3, 0.4) is 0 Å². The number of nitrogens with one attached hydrogen (secondary N) is 1. The van der Waals surface area contributed by atoms with Gasteiger partial charge in [-0.15, -0.1) is 0 Å². The average Bonchev–Trinajstić information content (AvgIpc) is 2.89. The van der Waals surface area contributed by atoms with Crippen LogP contribution in [0.15, 0.2) is 12.4 Å². The van der Waals surface area contributed by atoms with Crippen molar-refractivity contribution in [1.29, 1.82) is 0 Å². The molecule has 0 aromatic carbocycles. The number of aromatic nitrogens is 2. The number of nitrogens with zero attached hydrogens (tertiary/aromatic N) is 3. The predicted octanol–water partition coefficient (Wildman–Crippen LogP) is 2.31. The first kappa shape index (κ1) is 14.6. The molecule has 1 N–H and O–H groups in total. The minimum absolute atomic E-state index is 0.109. The van der Waals surface area contributed by atoms with Crippen LogP contribution in [-0.2, 0) is 6.54 Å². The molecule has 1 saturated heterocycles. The fourth-order valence-electron chi connectivity index (χ4n) is 1.99. The van der Waals surface area contributed by atoms with Crippen LogP contribution in [0.25, 0.3) is 0 Å². The summed E-state index contributed by atoms with van der Waals surface area (Å²) in [7, 11) is 2.12. The molecule has 0 radical (unpaired) electrons. The van der Waals surface area contributed by atoms with E-state index >= 15 is 0 Å². The second-order valence-corrected chi connectivity index (χ2v) is 7.25. The monoisotopic (exact) mass is 280 g/mol. The van der Waals surface area contributed by atoms with Gasteiger partial charge in [0.05, 0.1) is 18.1 Å². The van der Waals surface area contributed by atoms with Gasteiger partial charge >= 0.3 is 0 Å². The summed E-state index contributed by atoms with van der Waals surface area (Å²) in [6.07, 6.45) is 5.02. The standard InChI is InChI=1S/C14H24N4S/c1-14(2,3)17-8-11-7-16-13(9-15-11)18(4)12-5-6-19-10-12/h7,9,12,17H,5-6,8,10H2,1-4H3. The zero-order valence-electron chi connectivity index (χ0n) is 12.3. The molecule has 0 spiro atoms. The van der Waals surface area contributed by atoms with Gasteiger partial charge in [-0.1, -0.05) is 0 Å². The number of anilines is 1. The zero-order valence-corrected chi connectivity index (χ0v) is 13.1. The van der Waals surface area contributed by atoms with Crippen molar-refractivity contribution in [2.24, 2.45) is 0 Å². The Hall–Kier alpha value is -0.810. The number of hydrogen-bond acceptors (Lipinski definition) is 5. The smallest absolute Gasteiger partial charge is 0.147 e. The van der Waals surface area contributed by atoms with Gasteiger partial charge in [0, 0.05) is 30.9 Å². The van der Waals surface area contributed by atoms with Crippen LogP contribution in [0.5, 0.6) is 0 Å². The summed E-state index contributed by atoms with van der Waals surface area (Å²) in [4.78, 5) is 11.3. The Balaban J connectivity index is 1.94. The van der Waals surface area contributed by atoms with Gasteiger partial charge < -0.3 is 10.2 Å². The summed E-state index contributed by atoms with van der Waals surface area (Å²) >= 11 is 2.02. The normalized spacial score (nSPS) is 19.7. The first-order valence-electron chi connectivity index (χ1n) is 6.82. The lowest BCUT2D eigenvalue weighted by Crippen LogP contribution is -2.35. The SMILES string of the molecule is CN(c1cnc(CNC(C)(C)C)cn1)C1CCSC1. The highest BCUT2D eigenvalue weighted by atomic mass is 32.2. The van der Waals surface area contributed by atoms with Gasteiger partial charge in [-0.3, -0.25) is 4.98 Å². The van der Waals surface area contributed by atoms with Crippen molar-refractivity contribution in [1.82, 2.24) is 15.3 Å². The molecule has 0 bridgehead atoms. The Morgan fingerprint density at radius 1 is 1.37 bits per heavy atom. The second-order valence-electron chi connectivity index (χ2n) is 6.10. The summed E-state index contributed by atoms with van der Waals surface area (Å²) in [5.41, 5.74) is 1.10. The minimum Gasteiger partial charge on any atom is -0.355 e. The highest BCUT2D eigenvalue weighted by Crippen LogP contribution is 2.24. The van der Waals surface area contributed by atoms with Crippen molar-refractivity contribution in [3.05, 3.63) is 18.1 Å². The van der Waals surface area contributed by atoms with Crippen LogP contribution < -0.4 is 10.2 Å². The maximum Gasteiger partial charge on any atom is 0.147 e. The number of rotatable bonds is 4. The third-order valence-electron chi connectivity index (χ3n) is 3.31. The van der Waals surface area contributed by atoms with Gasteiger partial charge in [-0.25, -0.2) is 4.98 Å². The van der Waals surface area contributed by atoms with Crippen LogP contribution >= 0.6 is 11.8 Å². The molecular weight excluding hydrogens is 256 g/mol. The van der Waals surface area contributed by atoms with Crippen LogP contribution in [-0.4, -0.2) is 40.1 Å². The van der Waals surface area contributed by atoms with E-state index in [1.165, 1.54) is 17.9 Å². The molecule has 1 fully saturated rings. The molecule has 1 aromatic rings. The van der Waals surface area contributed by atoms with Gasteiger partial charge in [0.2, 0.25) is 0 Å². The highest BCUT2D eigenvalue weighted by molar-refractivity contribution is 7.99. The van der Waals surface area contributed by atoms with Gasteiger partial charge in [-0.2, -0.15) is 11.8 Å². The Morgan fingerprint density at radius 2 is 2.16 bits per heavy atom. The molecule has 106 valence electrons. The van der Waals surface area contributed by atoms with E-state index in [2.05, 4.69) is 48.0 Å². The van der Waals surface area contributed by atoms with Gasteiger partial charge in [0.1, 0.15) is 5.82 Å². The van der Waals surface area contributed by atoms with Crippen molar-refractivity contribution in [3.8, 4) is 0 Å². The highest BCUT2D eigenvalue weighted by Gasteiger charge is 2.21. The molecule has 2 heterocycles. The Kier molecular flexibility index (Phi) is 4.68. The Labute approximate surface area is 120 Å². The maximum absolute atomic E-state index is 4.54. The number of thioether (sulfide) groups is 1. The topological polar surface area (TPSA) is 41.1 Å². The van der Waals surface area contributed by atoms with Crippen molar-refractivity contribution in [2.45, 2.75) is 45.3 Å². The van der Waals surface area contributed by atoms with Gasteiger partial charge in [0.15, 0.2) is 0 Å². The molecule has 1 aliphatic rings. The summed E-state index contributed by atoms with van der Waals surface area (Å²) in [5, 5.41) is 3.42. The summed E-state index contributed by atoms with van der Waals surface area (Å²) in [6, 6.07) is 0.609. The van der Waals surface area contributed by atoms with E-state index < -0.39 is 0 Å². The molecule has 4 nitrogen and oxygen atoms in total. The third kappa shape index (κ3) is 4.35. The number of hydrogen-bond donors (Lipinski definition) is 1. The molecule has 0 saturated carbocycles. The predicted molar refractivity (Wildman–Crippen MR) is 82.8 cm³/mol. The first-order chi connectivity index (χ1) is 8.96. The lowest BCUT2D eigenvalue weighted by Gasteiger charge is -2.24. The second kappa shape index (κ2) is 6.09. The molecule has 1 atom stereocenters. The van der Waals surface area contributed by atoms with Gasteiger partial charge in [-0.05, 0) is 32.9 Å².